The summed E-state index contributed by atoms with van der Waals surface area (Å²) in [5, 5.41) is 9.08. The van der Waals surface area contributed by atoms with Crippen molar-refractivity contribution < 1.29 is 9.84 Å². The number of hydrogen-bond donors (Lipinski definition) is 3. The lowest BCUT2D eigenvalue weighted by Crippen LogP contribution is -2.20. The molecule has 0 radical (unpaired) electrons. The van der Waals surface area contributed by atoms with Gasteiger partial charge in [-0.1, -0.05) is 6.07 Å². The van der Waals surface area contributed by atoms with Gasteiger partial charge in [0.2, 0.25) is 0 Å². The van der Waals surface area contributed by atoms with Gasteiger partial charge < -0.3 is 21.3 Å². The topological polar surface area (TPSA) is 81.5 Å². The lowest BCUT2D eigenvalue weighted by atomic mass is 10.0. The zero-order chi connectivity index (χ0) is 10.6. The second kappa shape index (κ2) is 4.95. The van der Waals surface area contributed by atoms with E-state index < -0.39 is 0 Å². The quantitative estimate of drug-likeness (QED) is 0.640. The van der Waals surface area contributed by atoms with Crippen LogP contribution in [0, 0.1) is 0 Å². The van der Waals surface area contributed by atoms with Crippen LogP contribution in [-0.4, -0.2) is 18.8 Å². The lowest BCUT2D eigenvalue weighted by molar-refractivity contribution is 0.273. The van der Waals surface area contributed by atoms with E-state index in [1.54, 1.807) is 13.2 Å². The molecule has 0 heterocycles. The number of aliphatic hydroxyl groups excluding tert-OH is 1. The fraction of sp³-hybridized carbons (Fsp3) is 0.400. The molecule has 1 aromatic rings. The molecule has 0 fully saturated rings. The number of rotatable bonds is 4. The molecule has 0 saturated heterocycles. The first-order valence-corrected chi connectivity index (χ1v) is 4.46. The van der Waals surface area contributed by atoms with Crippen molar-refractivity contribution >= 4 is 0 Å². The third-order valence-electron chi connectivity index (χ3n) is 2.16. The molecule has 4 heteroatoms. The molecule has 0 saturated carbocycles. The third-order valence-corrected chi connectivity index (χ3v) is 2.16. The summed E-state index contributed by atoms with van der Waals surface area (Å²) in [7, 11) is 1.57. The van der Waals surface area contributed by atoms with Crippen LogP contribution < -0.4 is 16.2 Å². The second-order valence-electron chi connectivity index (χ2n) is 3.07. The summed E-state index contributed by atoms with van der Waals surface area (Å²) in [5.41, 5.74) is 12.9. The van der Waals surface area contributed by atoms with Crippen LogP contribution in [-0.2, 0) is 6.61 Å². The highest BCUT2D eigenvalue weighted by Gasteiger charge is 2.07. The average Bonchev–Trinajstić information content (AvgIpc) is 2.26. The Morgan fingerprint density at radius 2 is 2.21 bits per heavy atom. The van der Waals surface area contributed by atoms with E-state index in [0.29, 0.717) is 12.3 Å². The van der Waals surface area contributed by atoms with Crippen molar-refractivity contribution in [1.82, 2.24) is 0 Å². The van der Waals surface area contributed by atoms with Crippen LogP contribution in [0.15, 0.2) is 18.2 Å². The Bertz CT molecular complexity index is 302. The average molecular weight is 196 g/mol. The molecule has 0 aliphatic carbocycles. The van der Waals surface area contributed by atoms with E-state index in [1.165, 1.54) is 0 Å². The third kappa shape index (κ3) is 2.23. The zero-order valence-electron chi connectivity index (χ0n) is 8.23. The summed E-state index contributed by atoms with van der Waals surface area (Å²) < 4.78 is 5.07. The van der Waals surface area contributed by atoms with Gasteiger partial charge in [-0.3, -0.25) is 0 Å². The van der Waals surface area contributed by atoms with Crippen molar-refractivity contribution in [2.75, 3.05) is 13.7 Å². The molecular formula is C10H16N2O2. The first kappa shape index (κ1) is 11.0. The van der Waals surface area contributed by atoms with E-state index in [4.69, 9.17) is 21.3 Å². The molecule has 0 aliphatic heterocycles. The molecule has 0 aliphatic rings. The summed E-state index contributed by atoms with van der Waals surface area (Å²) in [4.78, 5) is 0. The van der Waals surface area contributed by atoms with Gasteiger partial charge in [0, 0.05) is 18.2 Å². The largest absolute Gasteiger partial charge is 0.496 e. The van der Waals surface area contributed by atoms with Crippen molar-refractivity contribution in [3.63, 3.8) is 0 Å². The fourth-order valence-corrected chi connectivity index (χ4v) is 1.29. The van der Waals surface area contributed by atoms with E-state index in [0.717, 1.165) is 11.1 Å². The van der Waals surface area contributed by atoms with E-state index in [1.807, 2.05) is 12.1 Å². The highest BCUT2D eigenvalue weighted by molar-refractivity contribution is 5.38. The Kier molecular flexibility index (Phi) is 3.88. The van der Waals surface area contributed by atoms with Crippen molar-refractivity contribution in [2.45, 2.75) is 12.6 Å². The van der Waals surface area contributed by atoms with Gasteiger partial charge in [0.1, 0.15) is 5.75 Å². The van der Waals surface area contributed by atoms with Gasteiger partial charge in [-0.15, -0.1) is 0 Å². The molecule has 0 spiro atoms. The van der Waals surface area contributed by atoms with Gasteiger partial charge in [-0.25, -0.2) is 0 Å². The molecule has 1 aromatic carbocycles. The number of ether oxygens (including phenoxy) is 1. The van der Waals surface area contributed by atoms with E-state index in [-0.39, 0.29) is 12.6 Å². The number of methoxy groups -OCH3 is 1. The van der Waals surface area contributed by atoms with Crippen LogP contribution in [0.2, 0.25) is 0 Å². The van der Waals surface area contributed by atoms with E-state index in [9.17, 15) is 0 Å². The Morgan fingerprint density at radius 1 is 1.50 bits per heavy atom. The number of benzene rings is 1. The zero-order valence-corrected chi connectivity index (χ0v) is 8.23. The first-order valence-electron chi connectivity index (χ1n) is 4.46. The second-order valence-corrected chi connectivity index (χ2v) is 3.07. The van der Waals surface area contributed by atoms with E-state index >= 15 is 0 Å². The molecule has 4 nitrogen and oxygen atoms in total. The minimum absolute atomic E-state index is 0.0612. The fourth-order valence-electron chi connectivity index (χ4n) is 1.29. The molecular weight excluding hydrogens is 180 g/mol. The maximum absolute atomic E-state index is 9.08. The minimum Gasteiger partial charge on any atom is -0.496 e. The summed E-state index contributed by atoms with van der Waals surface area (Å²) in [6.45, 7) is 0.325. The Morgan fingerprint density at radius 3 is 2.71 bits per heavy atom. The van der Waals surface area contributed by atoms with Crippen LogP contribution in [0.3, 0.4) is 0 Å². The minimum atomic E-state index is -0.189. The maximum atomic E-state index is 9.08. The van der Waals surface area contributed by atoms with Crippen molar-refractivity contribution in [2.24, 2.45) is 11.5 Å². The van der Waals surface area contributed by atoms with Gasteiger partial charge in [-0.2, -0.15) is 0 Å². The first-order chi connectivity index (χ1) is 6.72. The summed E-state index contributed by atoms with van der Waals surface area (Å²) >= 11 is 0. The molecule has 1 unspecified atom stereocenters. The van der Waals surface area contributed by atoms with Gasteiger partial charge in [0.25, 0.3) is 0 Å². The SMILES string of the molecule is COc1ccc(C(N)CN)cc1CO. The molecule has 78 valence electrons. The maximum Gasteiger partial charge on any atom is 0.124 e. The van der Waals surface area contributed by atoms with Crippen LogP contribution in [0.5, 0.6) is 5.75 Å². The van der Waals surface area contributed by atoms with Crippen LogP contribution in [0.4, 0.5) is 0 Å². The normalized spacial score (nSPS) is 12.6. The molecule has 1 rings (SSSR count). The molecule has 14 heavy (non-hydrogen) atoms. The van der Waals surface area contributed by atoms with Crippen molar-refractivity contribution in [1.29, 1.82) is 0 Å². The lowest BCUT2D eigenvalue weighted by Gasteiger charge is -2.12. The predicted octanol–water partition coefficient (Wildman–Crippen LogP) is 0.146. The number of nitrogens with two attached hydrogens (primary N) is 2. The molecule has 0 bridgehead atoms. The molecule has 1 atom stereocenters. The molecule has 0 aromatic heterocycles. The highest BCUT2D eigenvalue weighted by Crippen LogP contribution is 2.22. The Labute approximate surface area is 83.5 Å². The van der Waals surface area contributed by atoms with Gasteiger partial charge in [-0.05, 0) is 17.7 Å². The Hall–Kier alpha value is -1.10. The van der Waals surface area contributed by atoms with Gasteiger partial charge >= 0.3 is 0 Å². The van der Waals surface area contributed by atoms with Crippen LogP contribution in [0.1, 0.15) is 17.2 Å². The van der Waals surface area contributed by atoms with E-state index in [2.05, 4.69) is 0 Å². The van der Waals surface area contributed by atoms with Gasteiger partial charge in [0.05, 0.1) is 13.7 Å². The van der Waals surface area contributed by atoms with Crippen molar-refractivity contribution in [3.8, 4) is 5.75 Å². The predicted molar refractivity (Wildman–Crippen MR) is 54.9 cm³/mol. The summed E-state index contributed by atoms with van der Waals surface area (Å²) in [5.74, 6) is 0.667. The number of aliphatic hydroxyl groups is 1. The Balaban J connectivity index is 3.01. The number of hydrogen-bond acceptors (Lipinski definition) is 4. The summed E-state index contributed by atoms with van der Waals surface area (Å²) in [6.07, 6.45) is 0. The summed E-state index contributed by atoms with van der Waals surface area (Å²) in [6, 6.07) is 5.27. The smallest absolute Gasteiger partial charge is 0.124 e. The molecule has 0 amide bonds. The monoisotopic (exact) mass is 196 g/mol. The molecule has 5 N–H and O–H groups in total. The standard InChI is InChI=1S/C10H16N2O2/c1-14-10-3-2-7(9(12)5-11)4-8(10)6-13/h2-4,9,13H,5-6,11-12H2,1H3. The van der Waals surface area contributed by atoms with Crippen LogP contribution >= 0.6 is 0 Å². The van der Waals surface area contributed by atoms with Gasteiger partial charge in [0.15, 0.2) is 0 Å². The highest BCUT2D eigenvalue weighted by atomic mass is 16.5. The van der Waals surface area contributed by atoms with Crippen molar-refractivity contribution in [3.05, 3.63) is 29.3 Å². The van der Waals surface area contributed by atoms with Crippen LogP contribution in [0.25, 0.3) is 0 Å².